The summed E-state index contributed by atoms with van der Waals surface area (Å²) in [5.74, 6) is 1.40. The number of aryl methyl sites for hydroxylation is 1. The van der Waals surface area contributed by atoms with Gasteiger partial charge in [0.1, 0.15) is 16.8 Å². The maximum Gasteiger partial charge on any atom is 0.273 e. The number of rotatable bonds is 5. The molecule has 30 heavy (non-hydrogen) atoms. The Morgan fingerprint density at radius 3 is 2.70 bits per heavy atom. The molecule has 1 aliphatic heterocycles. The van der Waals surface area contributed by atoms with Crippen molar-refractivity contribution in [3.63, 3.8) is 0 Å². The van der Waals surface area contributed by atoms with E-state index in [4.69, 9.17) is 4.74 Å². The molecular weight excluding hydrogens is 404 g/mol. The zero-order chi connectivity index (χ0) is 21.3. The molecule has 1 saturated heterocycles. The number of nitro groups is 1. The lowest BCUT2D eigenvalue weighted by molar-refractivity contribution is -0.384. The third kappa shape index (κ3) is 3.76. The number of benzene rings is 2. The van der Waals surface area contributed by atoms with E-state index >= 15 is 0 Å². The Morgan fingerprint density at radius 2 is 2.00 bits per heavy atom. The SMILES string of the molecule is COc1cccc(-c2cc(C(=O)N3CCSC3c3ccc([N+](=O)[O-])cc3)n(C)n2)c1. The van der Waals surface area contributed by atoms with Crippen LogP contribution in [0.2, 0.25) is 0 Å². The largest absolute Gasteiger partial charge is 0.497 e. The van der Waals surface area contributed by atoms with Crippen LogP contribution in [0.1, 0.15) is 21.4 Å². The standard InChI is InChI=1S/C21H20N4O4S/c1-23-19(13-18(22-23)15-4-3-5-17(12-15)29-2)20(26)24-10-11-30-21(24)14-6-8-16(9-7-14)25(27)28/h3-9,12-13,21H,10-11H2,1-2H3. The summed E-state index contributed by atoms with van der Waals surface area (Å²) in [6.45, 7) is 0.602. The molecule has 1 fully saturated rings. The van der Waals surface area contributed by atoms with Gasteiger partial charge in [-0.2, -0.15) is 5.10 Å². The van der Waals surface area contributed by atoms with Crippen LogP contribution >= 0.6 is 11.8 Å². The summed E-state index contributed by atoms with van der Waals surface area (Å²) in [6.07, 6.45) is 0. The zero-order valence-corrected chi connectivity index (χ0v) is 17.3. The van der Waals surface area contributed by atoms with Crippen molar-refractivity contribution >= 4 is 23.4 Å². The van der Waals surface area contributed by atoms with Crippen molar-refractivity contribution in [2.45, 2.75) is 5.37 Å². The van der Waals surface area contributed by atoms with Crippen LogP contribution in [0.3, 0.4) is 0 Å². The summed E-state index contributed by atoms with van der Waals surface area (Å²) in [4.78, 5) is 25.6. The Hall–Kier alpha value is -3.33. The number of thioether (sulfide) groups is 1. The highest BCUT2D eigenvalue weighted by Crippen LogP contribution is 2.39. The van der Waals surface area contributed by atoms with Gasteiger partial charge in [-0.1, -0.05) is 12.1 Å². The Kier molecular flexibility index (Phi) is 5.45. The van der Waals surface area contributed by atoms with Gasteiger partial charge in [-0.25, -0.2) is 0 Å². The fraction of sp³-hybridized carbons (Fsp3) is 0.238. The predicted octanol–water partition coefficient (Wildman–Crippen LogP) is 3.89. The van der Waals surface area contributed by atoms with Gasteiger partial charge in [-0.15, -0.1) is 11.8 Å². The van der Waals surface area contributed by atoms with E-state index in [-0.39, 0.29) is 17.0 Å². The summed E-state index contributed by atoms with van der Waals surface area (Å²) in [6, 6.07) is 15.7. The summed E-state index contributed by atoms with van der Waals surface area (Å²) in [5, 5.41) is 15.2. The molecule has 2 aromatic carbocycles. The molecule has 8 nitrogen and oxygen atoms in total. The first-order valence-corrected chi connectivity index (χ1v) is 10.4. The molecule has 1 aliphatic rings. The molecule has 1 amide bonds. The third-order valence-electron chi connectivity index (χ3n) is 5.01. The minimum absolute atomic E-state index is 0.0363. The molecular formula is C21H20N4O4S. The normalized spacial score (nSPS) is 15.9. The van der Waals surface area contributed by atoms with Gasteiger partial charge in [0.25, 0.3) is 11.6 Å². The lowest BCUT2D eigenvalue weighted by atomic mass is 10.1. The Morgan fingerprint density at radius 1 is 1.23 bits per heavy atom. The number of carbonyl (C=O) groups is 1. The van der Waals surface area contributed by atoms with Crippen LogP contribution in [0.4, 0.5) is 5.69 Å². The van der Waals surface area contributed by atoms with Gasteiger partial charge in [-0.05, 0) is 35.9 Å². The van der Waals surface area contributed by atoms with Crippen molar-refractivity contribution in [1.29, 1.82) is 0 Å². The monoisotopic (exact) mass is 424 g/mol. The molecule has 1 unspecified atom stereocenters. The number of aromatic nitrogens is 2. The fourth-order valence-corrected chi connectivity index (χ4v) is 4.71. The van der Waals surface area contributed by atoms with Gasteiger partial charge in [0.2, 0.25) is 0 Å². The molecule has 1 atom stereocenters. The average Bonchev–Trinajstić information content (AvgIpc) is 3.40. The number of nitrogens with zero attached hydrogens (tertiary/aromatic N) is 4. The second kappa shape index (κ2) is 8.19. The Bertz CT molecular complexity index is 1100. The van der Waals surface area contributed by atoms with Crippen molar-refractivity contribution in [1.82, 2.24) is 14.7 Å². The maximum absolute atomic E-state index is 13.3. The van der Waals surface area contributed by atoms with Crippen LogP contribution in [0.15, 0.2) is 54.6 Å². The van der Waals surface area contributed by atoms with E-state index < -0.39 is 4.92 Å². The molecule has 0 N–H and O–H groups in total. The zero-order valence-electron chi connectivity index (χ0n) is 16.5. The molecule has 2 heterocycles. The van der Waals surface area contributed by atoms with Crippen molar-refractivity contribution in [2.75, 3.05) is 19.4 Å². The topological polar surface area (TPSA) is 90.5 Å². The first kappa shape index (κ1) is 20.0. The number of hydrogen-bond acceptors (Lipinski definition) is 6. The van der Waals surface area contributed by atoms with Crippen molar-refractivity contribution < 1.29 is 14.5 Å². The molecule has 154 valence electrons. The molecule has 3 aromatic rings. The highest BCUT2D eigenvalue weighted by Gasteiger charge is 2.33. The Balaban J connectivity index is 1.60. The lowest BCUT2D eigenvalue weighted by Gasteiger charge is -2.24. The first-order valence-electron chi connectivity index (χ1n) is 9.33. The number of hydrogen-bond donors (Lipinski definition) is 0. The molecule has 0 bridgehead atoms. The van der Waals surface area contributed by atoms with Gasteiger partial charge in [0.15, 0.2) is 0 Å². The van der Waals surface area contributed by atoms with E-state index in [1.54, 1.807) is 53.7 Å². The second-order valence-electron chi connectivity index (χ2n) is 6.84. The van der Waals surface area contributed by atoms with Gasteiger partial charge in [0.05, 0.1) is 17.7 Å². The van der Waals surface area contributed by atoms with Crippen LogP contribution in [0.25, 0.3) is 11.3 Å². The molecule has 9 heteroatoms. The third-order valence-corrected chi connectivity index (χ3v) is 6.27. The number of amides is 1. The van der Waals surface area contributed by atoms with E-state index in [2.05, 4.69) is 5.10 Å². The number of methoxy groups -OCH3 is 1. The smallest absolute Gasteiger partial charge is 0.273 e. The summed E-state index contributed by atoms with van der Waals surface area (Å²) in [5.41, 5.74) is 2.95. The van der Waals surface area contributed by atoms with E-state index in [0.29, 0.717) is 17.9 Å². The molecule has 1 aromatic heterocycles. The van der Waals surface area contributed by atoms with Crippen LogP contribution in [-0.4, -0.2) is 44.9 Å². The maximum atomic E-state index is 13.3. The molecule has 0 aliphatic carbocycles. The van der Waals surface area contributed by atoms with Crippen LogP contribution in [0.5, 0.6) is 5.75 Å². The summed E-state index contributed by atoms with van der Waals surface area (Å²) in [7, 11) is 3.36. The molecule has 4 rings (SSSR count). The predicted molar refractivity (Wildman–Crippen MR) is 115 cm³/mol. The number of carbonyl (C=O) groups excluding carboxylic acids is 1. The number of ether oxygens (including phenoxy) is 1. The van der Waals surface area contributed by atoms with Crippen LogP contribution < -0.4 is 4.74 Å². The molecule has 0 radical (unpaired) electrons. The van der Waals surface area contributed by atoms with E-state index in [9.17, 15) is 14.9 Å². The van der Waals surface area contributed by atoms with E-state index in [1.807, 2.05) is 24.3 Å². The van der Waals surface area contributed by atoms with Crippen molar-refractivity contribution in [2.24, 2.45) is 7.05 Å². The van der Waals surface area contributed by atoms with Gasteiger partial charge >= 0.3 is 0 Å². The quantitative estimate of drug-likeness (QED) is 0.456. The van der Waals surface area contributed by atoms with Crippen molar-refractivity contribution in [3.05, 3.63) is 76.0 Å². The summed E-state index contributed by atoms with van der Waals surface area (Å²) < 4.78 is 6.86. The van der Waals surface area contributed by atoms with E-state index in [1.165, 1.54) is 12.1 Å². The highest BCUT2D eigenvalue weighted by atomic mass is 32.2. The van der Waals surface area contributed by atoms with E-state index in [0.717, 1.165) is 22.6 Å². The van der Waals surface area contributed by atoms with Gasteiger partial charge in [-0.3, -0.25) is 19.6 Å². The van der Waals surface area contributed by atoms with Crippen LogP contribution in [-0.2, 0) is 7.05 Å². The minimum Gasteiger partial charge on any atom is -0.497 e. The van der Waals surface area contributed by atoms with Gasteiger partial charge in [0, 0.05) is 37.0 Å². The number of non-ortho nitro benzene ring substituents is 1. The molecule has 0 saturated carbocycles. The van der Waals surface area contributed by atoms with Gasteiger partial charge < -0.3 is 9.64 Å². The minimum atomic E-state index is -0.426. The van der Waals surface area contributed by atoms with Crippen LogP contribution in [0, 0.1) is 10.1 Å². The first-order chi connectivity index (χ1) is 14.5. The average molecular weight is 424 g/mol. The Labute approximate surface area is 177 Å². The fourth-order valence-electron chi connectivity index (χ4n) is 3.45. The second-order valence-corrected chi connectivity index (χ2v) is 8.03. The molecule has 0 spiro atoms. The van der Waals surface area contributed by atoms with Crippen molar-refractivity contribution in [3.8, 4) is 17.0 Å². The highest BCUT2D eigenvalue weighted by molar-refractivity contribution is 7.99. The number of nitro benzene ring substituents is 1. The summed E-state index contributed by atoms with van der Waals surface area (Å²) >= 11 is 1.64. The lowest BCUT2D eigenvalue weighted by Crippen LogP contribution is -2.31.